The molecule has 1 aliphatic heterocycles. The molecule has 0 spiro atoms. The topological polar surface area (TPSA) is 45.6 Å². The predicted molar refractivity (Wildman–Crippen MR) is 91.6 cm³/mol. The Balaban J connectivity index is 1.52. The number of amides is 1. The van der Waals surface area contributed by atoms with Crippen LogP contribution < -0.4 is 4.87 Å². The second kappa shape index (κ2) is 7.10. The van der Waals surface area contributed by atoms with Crippen LogP contribution >= 0.6 is 11.3 Å². The number of benzene rings is 1. The number of thiazole rings is 1. The van der Waals surface area contributed by atoms with Crippen LogP contribution in [-0.4, -0.2) is 46.5 Å². The van der Waals surface area contributed by atoms with Gasteiger partial charge in [0.05, 0.1) is 0 Å². The summed E-state index contributed by atoms with van der Waals surface area (Å²) in [5.41, 5.74) is 2.16. The lowest BCUT2D eigenvalue weighted by Crippen LogP contribution is -2.49. The molecule has 0 unspecified atom stereocenters. The van der Waals surface area contributed by atoms with Gasteiger partial charge in [0.15, 0.2) is 0 Å². The minimum Gasteiger partial charge on any atom is -0.339 e. The lowest BCUT2D eigenvalue weighted by atomic mass is 10.2. The van der Waals surface area contributed by atoms with Crippen LogP contribution in [0.5, 0.6) is 0 Å². The van der Waals surface area contributed by atoms with Gasteiger partial charge in [0.2, 0.25) is 5.91 Å². The average Bonchev–Trinajstić information content (AvgIpc) is 2.88. The van der Waals surface area contributed by atoms with Gasteiger partial charge in [-0.3, -0.25) is 19.1 Å². The maximum absolute atomic E-state index is 12.4. The molecule has 2 aromatic rings. The van der Waals surface area contributed by atoms with Crippen molar-refractivity contribution in [1.82, 2.24) is 14.4 Å². The second-order valence-electron chi connectivity index (χ2n) is 5.87. The zero-order chi connectivity index (χ0) is 16.2. The Kier molecular flexibility index (Phi) is 4.93. The van der Waals surface area contributed by atoms with Gasteiger partial charge in [-0.15, -0.1) is 0 Å². The van der Waals surface area contributed by atoms with Gasteiger partial charge in [-0.2, -0.15) is 0 Å². The molecule has 23 heavy (non-hydrogen) atoms. The largest absolute Gasteiger partial charge is 0.339 e. The van der Waals surface area contributed by atoms with Crippen molar-refractivity contribution >= 4 is 17.2 Å². The minimum atomic E-state index is -0.0569. The molecule has 6 heteroatoms. The van der Waals surface area contributed by atoms with E-state index < -0.39 is 0 Å². The Morgan fingerprint density at radius 3 is 2.43 bits per heavy atom. The van der Waals surface area contributed by atoms with Crippen LogP contribution in [0.15, 0.2) is 40.5 Å². The van der Waals surface area contributed by atoms with Crippen LogP contribution in [0.4, 0.5) is 0 Å². The van der Waals surface area contributed by atoms with E-state index in [1.807, 2.05) is 17.9 Å². The molecule has 1 aromatic carbocycles. The third-order valence-electron chi connectivity index (χ3n) is 4.24. The fraction of sp³-hybridized carbons (Fsp3) is 0.412. The Labute approximate surface area is 139 Å². The molecule has 1 amide bonds. The van der Waals surface area contributed by atoms with Crippen molar-refractivity contribution in [2.45, 2.75) is 20.0 Å². The Morgan fingerprint density at radius 1 is 1.13 bits per heavy atom. The van der Waals surface area contributed by atoms with E-state index >= 15 is 0 Å². The van der Waals surface area contributed by atoms with Gasteiger partial charge in [-0.25, -0.2) is 0 Å². The van der Waals surface area contributed by atoms with Crippen LogP contribution in [0, 0.1) is 6.92 Å². The number of piperazine rings is 1. The van der Waals surface area contributed by atoms with E-state index in [1.54, 1.807) is 9.95 Å². The number of hydrogen-bond acceptors (Lipinski definition) is 4. The van der Waals surface area contributed by atoms with Crippen molar-refractivity contribution in [3.05, 3.63) is 56.6 Å². The maximum atomic E-state index is 12.4. The van der Waals surface area contributed by atoms with Gasteiger partial charge in [-0.1, -0.05) is 41.7 Å². The molecule has 1 aliphatic rings. The number of hydrogen-bond donors (Lipinski definition) is 0. The predicted octanol–water partition coefficient (Wildman–Crippen LogP) is 1.56. The lowest BCUT2D eigenvalue weighted by molar-refractivity contribution is -0.133. The Morgan fingerprint density at radius 2 is 1.83 bits per heavy atom. The minimum absolute atomic E-state index is 0.0351. The monoisotopic (exact) mass is 331 g/mol. The molecule has 3 rings (SSSR count). The van der Waals surface area contributed by atoms with Gasteiger partial charge in [0.1, 0.15) is 6.54 Å². The molecular formula is C17H21N3O2S. The number of carbonyl (C=O) groups is 1. The van der Waals surface area contributed by atoms with Crippen LogP contribution in [0.1, 0.15) is 11.3 Å². The van der Waals surface area contributed by atoms with Crippen LogP contribution in [0.25, 0.3) is 0 Å². The first-order chi connectivity index (χ1) is 11.1. The molecule has 0 aliphatic carbocycles. The van der Waals surface area contributed by atoms with Gasteiger partial charge in [-0.05, 0) is 12.5 Å². The van der Waals surface area contributed by atoms with Gasteiger partial charge < -0.3 is 4.90 Å². The number of rotatable bonds is 4. The molecule has 1 saturated heterocycles. The first kappa shape index (κ1) is 16.0. The van der Waals surface area contributed by atoms with Gasteiger partial charge in [0.25, 0.3) is 0 Å². The number of carbonyl (C=O) groups excluding carboxylic acids is 1. The van der Waals surface area contributed by atoms with Crippen molar-refractivity contribution < 1.29 is 4.79 Å². The molecule has 0 atom stereocenters. The quantitative estimate of drug-likeness (QED) is 0.854. The van der Waals surface area contributed by atoms with E-state index in [0.29, 0.717) is 0 Å². The number of aryl methyl sites for hydroxylation is 1. The van der Waals surface area contributed by atoms with E-state index in [0.717, 1.165) is 49.8 Å². The molecule has 0 radical (unpaired) electrons. The average molecular weight is 331 g/mol. The molecular weight excluding hydrogens is 310 g/mol. The third kappa shape index (κ3) is 3.89. The summed E-state index contributed by atoms with van der Waals surface area (Å²) in [5, 5.41) is 1.80. The molecule has 1 fully saturated rings. The van der Waals surface area contributed by atoms with Crippen molar-refractivity contribution in [3.8, 4) is 0 Å². The van der Waals surface area contributed by atoms with E-state index in [1.165, 1.54) is 5.56 Å². The summed E-state index contributed by atoms with van der Waals surface area (Å²) in [5.74, 6) is 0.0351. The number of aromatic nitrogens is 1. The summed E-state index contributed by atoms with van der Waals surface area (Å²) >= 11 is 1.15. The molecule has 122 valence electrons. The highest BCUT2D eigenvalue weighted by Gasteiger charge is 2.22. The molecule has 5 nitrogen and oxygen atoms in total. The normalized spacial score (nSPS) is 15.8. The van der Waals surface area contributed by atoms with Crippen molar-refractivity contribution in [2.75, 3.05) is 26.2 Å². The highest BCUT2D eigenvalue weighted by molar-refractivity contribution is 7.07. The van der Waals surface area contributed by atoms with E-state index in [4.69, 9.17) is 0 Å². The summed E-state index contributed by atoms with van der Waals surface area (Å²) in [7, 11) is 0. The van der Waals surface area contributed by atoms with Crippen molar-refractivity contribution in [3.63, 3.8) is 0 Å². The second-order valence-corrected chi connectivity index (χ2v) is 6.69. The van der Waals surface area contributed by atoms with E-state index in [9.17, 15) is 9.59 Å². The zero-order valence-corrected chi connectivity index (χ0v) is 14.1. The molecule has 0 bridgehead atoms. The summed E-state index contributed by atoms with van der Waals surface area (Å²) in [4.78, 5) is 28.3. The Hall–Kier alpha value is -1.92. The first-order valence-corrected chi connectivity index (χ1v) is 8.70. The summed E-state index contributed by atoms with van der Waals surface area (Å²) in [6, 6.07) is 10.4. The maximum Gasteiger partial charge on any atom is 0.307 e. The fourth-order valence-electron chi connectivity index (χ4n) is 2.83. The summed E-state index contributed by atoms with van der Waals surface area (Å²) in [6.45, 7) is 6.14. The molecule has 0 saturated carbocycles. The standard InChI is InChI=1S/C17H21N3O2S/c1-14-13-23-17(22)20(14)12-16(21)19-9-7-18(8-10-19)11-15-5-3-2-4-6-15/h2-6,13H,7-12H2,1H3. The highest BCUT2D eigenvalue weighted by Crippen LogP contribution is 2.09. The van der Waals surface area contributed by atoms with E-state index in [2.05, 4.69) is 29.2 Å². The smallest absolute Gasteiger partial charge is 0.307 e. The van der Waals surface area contributed by atoms with Crippen LogP contribution in [0.2, 0.25) is 0 Å². The summed E-state index contributed by atoms with van der Waals surface area (Å²) in [6.07, 6.45) is 0. The molecule has 2 heterocycles. The first-order valence-electron chi connectivity index (χ1n) is 7.82. The van der Waals surface area contributed by atoms with Crippen LogP contribution in [0.3, 0.4) is 0 Å². The van der Waals surface area contributed by atoms with Crippen molar-refractivity contribution in [2.24, 2.45) is 0 Å². The summed E-state index contributed by atoms with van der Waals surface area (Å²) < 4.78 is 1.56. The molecule has 1 aromatic heterocycles. The van der Waals surface area contributed by atoms with Crippen LogP contribution in [-0.2, 0) is 17.9 Å². The van der Waals surface area contributed by atoms with Gasteiger partial charge >= 0.3 is 4.87 Å². The third-order valence-corrected chi connectivity index (χ3v) is 5.12. The number of nitrogens with zero attached hydrogens (tertiary/aromatic N) is 3. The van der Waals surface area contributed by atoms with Crippen molar-refractivity contribution in [1.29, 1.82) is 0 Å². The lowest BCUT2D eigenvalue weighted by Gasteiger charge is -2.34. The molecule has 0 N–H and O–H groups in total. The fourth-order valence-corrected chi connectivity index (χ4v) is 3.56. The highest BCUT2D eigenvalue weighted by atomic mass is 32.1. The van der Waals surface area contributed by atoms with Gasteiger partial charge in [0, 0.05) is 43.8 Å². The Bertz CT molecular complexity index is 715. The zero-order valence-electron chi connectivity index (χ0n) is 13.3. The van der Waals surface area contributed by atoms with E-state index in [-0.39, 0.29) is 17.3 Å². The SMILES string of the molecule is Cc1csc(=O)n1CC(=O)N1CCN(Cc2ccccc2)CC1.